The highest BCUT2D eigenvalue weighted by Crippen LogP contribution is 2.14. The first kappa shape index (κ1) is 13.5. The number of aliphatic carboxylic acids is 1. The highest BCUT2D eigenvalue weighted by molar-refractivity contribution is 9.13. The van der Waals surface area contributed by atoms with Crippen LogP contribution < -0.4 is 0 Å². The zero-order valence-electron chi connectivity index (χ0n) is 7.24. The highest BCUT2D eigenvalue weighted by atomic mass is 79.9. The van der Waals surface area contributed by atoms with Crippen LogP contribution in [0.25, 0.3) is 0 Å². The second kappa shape index (κ2) is 6.91. The van der Waals surface area contributed by atoms with Crippen molar-refractivity contribution in [2.24, 2.45) is 0 Å². The SMILES string of the molecule is Brc1n[nH]nc1Br.CC(O)CC(=O)O. The number of halogens is 2. The number of carboxylic acids is 1. The first-order valence-corrected chi connectivity index (χ1v) is 5.13. The summed E-state index contributed by atoms with van der Waals surface area (Å²) < 4.78 is 1.40. The van der Waals surface area contributed by atoms with Crippen molar-refractivity contribution >= 4 is 37.8 Å². The molecule has 3 N–H and O–H groups in total. The zero-order valence-corrected chi connectivity index (χ0v) is 10.4. The van der Waals surface area contributed by atoms with E-state index >= 15 is 0 Å². The lowest BCUT2D eigenvalue weighted by Gasteiger charge is -1.94. The van der Waals surface area contributed by atoms with Crippen molar-refractivity contribution in [3.05, 3.63) is 9.21 Å². The summed E-state index contributed by atoms with van der Waals surface area (Å²) in [6, 6.07) is 0. The van der Waals surface area contributed by atoms with Crippen LogP contribution in [0.1, 0.15) is 13.3 Å². The van der Waals surface area contributed by atoms with E-state index in [0.29, 0.717) is 9.21 Å². The normalized spacial score (nSPS) is 11.4. The fourth-order valence-corrected chi connectivity index (χ4v) is 0.794. The number of rotatable bonds is 2. The van der Waals surface area contributed by atoms with Crippen LogP contribution in [0.3, 0.4) is 0 Å². The summed E-state index contributed by atoms with van der Waals surface area (Å²) in [6.07, 6.45) is -0.891. The van der Waals surface area contributed by atoms with Gasteiger partial charge in [0.25, 0.3) is 0 Å². The van der Waals surface area contributed by atoms with E-state index < -0.39 is 12.1 Å². The third-order valence-electron chi connectivity index (χ3n) is 0.937. The van der Waals surface area contributed by atoms with Crippen molar-refractivity contribution in [1.82, 2.24) is 15.4 Å². The fraction of sp³-hybridized carbons (Fsp3) is 0.500. The molecule has 14 heavy (non-hydrogen) atoms. The zero-order chi connectivity index (χ0) is 11.1. The van der Waals surface area contributed by atoms with Crippen LogP contribution in [-0.4, -0.2) is 37.7 Å². The summed E-state index contributed by atoms with van der Waals surface area (Å²) in [5.74, 6) is -0.963. The van der Waals surface area contributed by atoms with Gasteiger partial charge in [-0.15, -0.1) is 10.2 Å². The molecule has 1 aromatic rings. The Morgan fingerprint density at radius 1 is 1.50 bits per heavy atom. The number of nitrogens with one attached hydrogen (secondary N) is 1. The first-order valence-electron chi connectivity index (χ1n) is 3.55. The van der Waals surface area contributed by atoms with Gasteiger partial charge in [-0.2, -0.15) is 5.21 Å². The number of aliphatic hydroxyl groups is 1. The maximum Gasteiger partial charge on any atom is 0.305 e. The number of aromatic nitrogens is 3. The molecule has 0 fully saturated rings. The summed E-state index contributed by atoms with van der Waals surface area (Å²) in [5, 5.41) is 26.0. The maximum absolute atomic E-state index is 9.65. The summed E-state index contributed by atoms with van der Waals surface area (Å²) in [5.41, 5.74) is 0. The molecule has 0 aromatic carbocycles. The van der Waals surface area contributed by atoms with E-state index in [4.69, 9.17) is 10.2 Å². The number of nitrogens with zero attached hydrogens (tertiary/aromatic N) is 2. The standard InChI is InChI=1S/C4H8O3.C2HBr2N3/c1-3(5)2-4(6)7;3-1-2(4)6-7-5-1/h3,5H,2H2,1H3,(H,6,7);(H,5,6,7). The molecule has 0 amide bonds. The number of H-pyrrole nitrogens is 1. The topological polar surface area (TPSA) is 99.1 Å². The van der Waals surface area contributed by atoms with E-state index in [0.717, 1.165) is 0 Å². The molecule has 1 atom stereocenters. The molecule has 0 saturated carbocycles. The van der Waals surface area contributed by atoms with Gasteiger partial charge in [0.15, 0.2) is 9.21 Å². The molecule has 8 heteroatoms. The van der Waals surface area contributed by atoms with Gasteiger partial charge in [-0.1, -0.05) is 0 Å². The van der Waals surface area contributed by atoms with Crippen LogP contribution in [0.15, 0.2) is 9.21 Å². The molecule has 6 nitrogen and oxygen atoms in total. The Morgan fingerprint density at radius 2 is 1.93 bits per heavy atom. The number of hydrogen-bond donors (Lipinski definition) is 3. The predicted octanol–water partition coefficient (Wildman–Crippen LogP) is 1.17. The Hall–Kier alpha value is -0.470. The van der Waals surface area contributed by atoms with E-state index in [1.165, 1.54) is 6.92 Å². The molecule has 0 bridgehead atoms. The Balaban J connectivity index is 0.000000241. The Morgan fingerprint density at radius 3 is 2.00 bits per heavy atom. The summed E-state index contributed by atoms with van der Waals surface area (Å²) in [4.78, 5) is 9.65. The van der Waals surface area contributed by atoms with Crippen molar-refractivity contribution in [2.45, 2.75) is 19.4 Å². The maximum atomic E-state index is 9.65. The molecule has 1 aromatic heterocycles. The minimum absolute atomic E-state index is 0.167. The van der Waals surface area contributed by atoms with Crippen molar-refractivity contribution in [2.75, 3.05) is 0 Å². The molecule has 0 aliphatic heterocycles. The Labute approximate surface area is 97.0 Å². The number of aliphatic hydroxyl groups excluding tert-OH is 1. The van der Waals surface area contributed by atoms with Gasteiger partial charge in [0, 0.05) is 0 Å². The number of aromatic amines is 1. The predicted molar refractivity (Wildman–Crippen MR) is 55.7 cm³/mol. The van der Waals surface area contributed by atoms with Crippen LogP contribution in [0, 0.1) is 0 Å². The molecule has 1 rings (SSSR count). The van der Waals surface area contributed by atoms with Gasteiger partial charge >= 0.3 is 5.97 Å². The van der Waals surface area contributed by atoms with Gasteiger partial charge < -0.3 is 10.2 Å². The third kappa shape index (κ3) is 6.98. The lowest BCUT2D eigenvalue weighted by Crippen LogP contribution is -2.07. The van der Waals surface area contributed by atoms with Gasteiger partial charge in [0.2, 0.25) is 0 Å². The molecular weight excluding hydrogens is 322 g/mol. The molecule has 0 saturated heterocycles. The molecular formula is C6H9Br2N3O3. The molecule has 0 spiro atoms. The van der Waals surface area contributed by atoms with Crippen LogP contribution in [0.4, 0.5) is 0 Å². The van der Waals surface area contributed by atoms with Crippen LogP contribution in [0.5, 0.6) is 0 Å². The quantitative estimate of drug-likeness (QED) is 0.756. The number of carbonyl (C=O) groups is 1. The van der Waals surface area contributed by atoms with Crippen molar-refractivity contribution in [3.63, 3.8) is 0 Å². The van der Waals surface area contributed by atoms with Crippen molar-refractivity contribution < 1.29 is 15.0 Å². The fourth-order valence-electron chi connectivity index (χ4n) is 0.458. The molecule has 1 unspecified atom stereocenters. The van der Waals surface area contributed by atoms with E-state index in [2.05, 4.69) is 47.3 Å². The monoisotopic (exact) mass is 329 g/mol. The average molecular weight is 331 g/mol. The molecule has 0 aliphatic rings. The lowest BCUT2D eigenvalue weighted by atomic mass is 10.3. The van der Waals surface area contributed by atoms with Crippen LogP contribution in [0.2, 0.25) is 0 Å². The second-order valence-electron chi connectivity index (χ2n) is 2.35. The third-order valence-corrected chi connectivity index (χ3v) is 2.57. The smallest absolute Gasteiger partial charge is 0.305 e. The number of hydrogen-bond acceptors (Lipinski definition) is 4. The van der Waals surface area contributed by atoms with Gasteiger partial charge in [-0.05, 0) is 38.8 Å². The van der Waals surface area contributed by atoms with Crippen molar-refractivity contribution in [1.29, 1.82) is 0 Å². The summed E-state index contributed by atoms with van der Waals surface area (Å²) in [7, 11) is 0. The van der Waals surface area contributed by atoms with E-state index in [1.54, 1.807) is 0 Å². The van der Waals surface area contributed by atoms with Crippen LogP contribution in [-0.2, 0) is 4.79 Å². The Bertz CT molecular complexity index is 273. The van der Waals surface area contributed by atoms with Gasteiger partial charge in [-0.3, -0.25) is 4.79 Å². The highest BCUT2D eigenvalue weighted by Gasteiger charge is 2.00. The molecule has 1 heterocycles. The van der Waals surface area contributed by atoms with Gasteiger partial charge in [0.05, 0.1) is 12.5 Å². The van der Waals surface area contributed by atoms with Gasteiger partial charge in [0.1, 0.15) is 0 Å². The summed E-state index contributed by atoms with van der Waals surface area (Å²) >= 11 is 6.23. The average Bonchev–Trinajstić information content (AvgIpc) is 2.34. The summed E-state index contributed by atoms with van der Waals surface area (Å²) in [6.45, 7) is 1.44. The first-order chi connectivity index (χ1) is 6.43. The Kier molecular flexibility index (Phi) is 6.67. The second-order valence-corrected chi connectivity index (χ2v) is 3.85. The molecule has 80 valence electrons. The molecule has 0 radical (unpaired) electrons. The number of carboxylic acid groups (broad SMARTS) is 1. The largest absolute Gasteiger partial charge is 0.481 e. The van der Waals surface area contributed by atoms with E-state index in [1.807, 2.05) is 0 Å². The van der Waals surface area contributed by atoms with E-state index in [9.17, 15) is 4.79 Å². The molecule has 0 aliphatic carbocycles. The van der Waals surface area contributed by atoms with Crippen LogP contribution >= 0.6 is 31.9 Å². The minimum atomic E-state index is -0.963. The lowest BCUT2D eigenvalue weighted by molar-refractivity contribution is -0.138. The minimum Gasteiger partial charge on any atom is -0.481 e. The van der Waals surface area contributed by atoms with E-state index in [-0.39, 0.29) is 6.42 Å². The van der Waals surface area contributed by atoms with Gasteiger partial charge in [-0.25, -0.2) is 0 Å². The van der Waals surface area contributed by atoms with Crippen molar-refractivity contribution in [3.8, 4) is 0 Å².